The molecule has 1 atom stereocenters. The number of aliphatic hydroxyl groups excluding tert-OH is 1. The Morgan fingerprint density at radius 2 is 1.87 bits per heavy atom. The number of Topliss-reactive ketones (excluding diaryl/α,β-unsaturated/α-hetero) is 1. The van der Waals surface area contributed by atoms with Crippen LogP contribution in [0.2, 0.25) is 0 Å². The van der Waals surface area contributed by atoms with Crippen molar-refractivity contribution in [3.05, 3.63) is 86.8 Å². The van der Waals surface area contributed by atoms with Crippen molar-refractivity contribution in [2.45, 2.75) is 39.7 Å². The van der Waals surface area contributed by atoms with Gasteiger partial charge < -0.3 is 5.11 Å². The normalized spacial score (nSPS) is 16.5. The monoisotopic (exact) mass is 433 g/mol. The van der Waals surface area contributed by atoms with E-state index in [4.69, 9.17) is 0 Å². The second-order valence-corrected chi connectivity index (χ2v) is 9.05. The zero-order chi connectivity index (χ0) is 22.3. The molecule has 2 aromatic heterocycles. The van der Waals surface area contributed by atoms with E-state index in [-0.39, 0.29) is 11.4 Å². The molecule has 6 nitrogen and oxygen atoms in total. The molecule has 3 heterocycles. The Kier molecular flexibility index (Phi) is 5.45. The first-order valence-corrected chi connectivity index (χ1v) is 10.9. The summed E-state index contributed by atoms with van der Waals surface area (Å²) in [4.78, 5) is 37.1. The van der Waals surface area contributed by atoms with Gasteiger partial charge in [0.1, 0.15) is 0 Å². The fourth-order valence-electron chi connectivity index (χ4n) is 3.84. The number of pyridine rings is 1. The number of anilines is 1. The zero-order valence-electron chi connectivity index (χ0n) is 17.8. The van der Waals surface area contributed by atoms with E-state index in [9.17, 15) is 14.7 Å². The van der Waals surface area contributed by atoms with E-state index in [1.54, 1.807) is 31.5 Å². The molecule has 0 saturated carbocycles. The number of amides is 1. The molecular weight excluding hydrogens is 410 g/mol. The molecule has 1 aromatic carbocycles. The van der Waals surface area contributed by atoms with Crippen LogP contribution in [0, 0.1) is 13.8 Å². The van der Waals surface area contributed by atoms with Crippen LogP contribution >= 0.6 is 11.3 Å². The molecule has 31 heavy (non-hydrogen) atoms. The van der Waals surface area contributed by atoms with Gasteiger partial charge in [-0.25, -0.2) is 4.98 Å². The van der Waals surface area contributed by atoms with E-state index >= 15 is 0 Å². The summed E-state index contributed by atoms with van der Waals surface area (Å²) in [6.45, 7) is 7.77. The number of aliphatic hydroxyl groups is 1. The lowest BCUT2D eigenvalue weighted by atomic mass is 9.95. The van der Waals surface area contributed by atoms with Crippen LogP contribution in [0.25, 0.3) is 0 Å². The number of carbonyl (C=O) groups is 2. The van der Waals surface area contributed by atoms with Crippen molar-refractivity contribution < 1.29 is 14.7 Å². The standard InChI is InChI=1S/C24H23N3O3S/c1-13(2)16-7-9-18(10-8-16)27-20(17-6-5-11-25-12-17)19(22(29)24(27)30)21(28)23-14(3)26-15(4)31-23/h5-13,20,29H,1-4H3. The molecule has 4 rings (SSSR count). The van der Waals surface area contributed by atoms with E-state index in [1.807, 2.05) is 31.2 Å². The van der Waals surface area contributed by atoms with Crippen molar-refractivity contribution in [3.8, 4) is 0 Å². The van der Waals surface area contributed by atoms with Gasteiger partial charge in [0.15, 0.2) is 5.76 Å². The number of rotatable bonds is 5. The topological polar surface area (TPSA) is 83.4 Å². The first-order valence-electron chi connectivity index (χ1n) is 10.0. The zero-order valence-corrected chi connectivity index (χ0v) is 18.6. The molecule has 0 saturated heterocycles. The molecule has 7 heteroatoms. The number of hydrogen-bond acceptors (Lipinski definition) is 6. The van der Waals surface area contributed by atoms with Gasteiger partial charge in [0.25, 0.3) is 5.91 Å². The molecule has 0 radical (unpaired) electrons. The smallest absolute Gasteiger partial charge is 0.294 e. The molecule has 0 fully saturated rings. The number of carbonyl (C=O) groups excluding carboxylic acids is 2. The van der Waals surface area contributed by atoms with Gasteiger partial charge in [0, 0.05) is 18.1 Å². The van der Waals surface area contributed by atoms with Crippen LogP contribution in [-0.2, 0) is 4.79 Å². The van der Waals surface area contributed by atoms with Crippen molar-refractivity contribution in [3.63, 3.8) is 0 Å². The number of aromatic nitrogens is 2. The lowest BCUT2D eigenvalue weighted by Crippen LogP contribution is -2.31. The number of thiazole rings is 1. The highest BCUT2D eigenvalue weighted by atomic mass is 32.1. The fraction of sp³-hybridized carbons (Fsp3) is 0.250. The minimum atomic E-state index is -0.777. The van der Waals surface area contributed by atoms with Gasteiger partial charge in [-0.05, 0) is 49.1 Å². The second kappa shape index (κ2) is 8.07. The van der Waals surface area contributed by atoms with E-state index < -0.39 is 17.7 Å². The van der Waals surface area contributed by atoms with E-state index in [2.05, 4.69) is 23.8 Å². The first-order chi connectivity index (χ1) is 14.8. The molecule has 1 N–H and O–H groups in total. The Hall–Kier alpha value is -3.32. The number of ketones is 1. The van der Waals surface area contributed by atoms with Gasteiger partial charge in [0.2, 0.25) is 5.78 Å². The van der Waals surface area contributed by atoms with Crippen LogP contribution in [0.1, 0.15) is 57.3 Å². The summed E-state index contributed by atoms with van der Waals surface area (Å²) in [5, 5.41) is 11.6. The molecule has 0 spiro atoms. The average Bonchev–Trinajstić information content (AvgIpc) is 3.24. The van der Waals surface area contributed by atoms with Crippen LogP contribution < -0.4 is 4.90 Å². The van der Waals surface area contributed by atoms with E-state index in [1.165, 1.54) is 16.2 Å². The Labute approximate surface area is 184 Å². The average molecular weight is 434 g/mol. The molecular formula is C24H23N3O3S. The molecule has 0 bridgehead atoms. The number of hydrogen-bond donors (Lipinski definition) is 1. The van der Waals surface area contributed by atoms with Gasteiger partial charge in [-0.15, -0.1) is 11.3 Å². The molecule has 158 valence electrons. The molecule has 1 aliphatic rings. The summed E-state index contributed by atoms with van der Waals surface area (Å²) in [5.74, 6) is -1.17. The number of benzene rings is 1. The van der Waals surface area contributed by atoms with Crippen molar-refractivity contribution in [1.29, 1.82) is 0 Å². The maximum absolute atomic E-state index is 13.5. The number of nitrogens with zero attached hydrogens (tertiary/aromatic N) is 3. The van der Waals surface area contributed by atoms with Crippen LogP contribution in [0.3, 0.4) is 0 Å². The van der Waals surface area contributed by atoms with Gasteiger partial charge in [0.05, 0.1) is 27.2 Å². The summed E-state index contributed by atoms with van der Waals surface area (Å²) in [6, 6.07) is 10.4. The summed E-state index contributed by atoms with van der Waals surface area (Å²) < 4.78 is 0. The predicted octanol–water partition coefficient (Wildman–Crippen LogP) is 5.06. The lowest BCUT2D eigenvalue weighted by molar-refractivity contribution is -0.117. The lowest BCUT2D eigenvalue weighted by Gasteiger charge is -2.27. The third-order valence-electron chi connectivity index (χ3n) is 5.40. The Morgan fingerprint density at radius 3 is 2.42 bits per heavy atom. The third-order valence-corrected chi connectivity index (χ3v) is 6.47. The van der Waals surface area contributed by atoms with Gasteiger partial charge >= 0.3 is 0 Å². The highest BCUT2D eigenvalue weighted by Gasteiger charge is 2.45. The summed E-state index contributed by atoms with van der Waals surface area (Å²) in [6.07, 6.45) is 3.24. The second-order valence-electron chi connectivity index (χ2n) is 7.85. The molecule has 1 amide bonds. The van der Waals surface area contributed by atoms with Crippen LogP contribution in [-0.4, -0.2) is 26.8 Å². The van der Waals surface area contributed by atoms with Crippen LogP contribution in [0.5, 0.6) is 0 Å². The third kappa shape index (κ3) is 3.65. The molecule has 1 aliphatic heterocycles. The van der Waals surface area contributed by atoms with Crippen LogP contribution in [0.4, 0.5) is 5.69 Å². The van der Waals surface area contributed by atoms with Crippen molar-refractivity contribution in [2.75, 3.05) is 4.90 Å². The van der Waals surface area contributed by atoms with Crippen molar-refractivity contribution in [1.82, 2.24) is 9.97 Å². The summed E-state index contributed by atoms with van der Waals surface area (Å²) in [7, 11) is 0. The van der Waals surface area contributed by atoms with Crippen molar-refractivity contribution >= 4 is 28.7 Å². The largest absolute Gasteiger partial charge is 0.503 e. The Morgan fingerprint density at radius 1 is 1.16 bits per heavy atom. The predicted molar refractivity (Wildman–Crippen MR) is 121 cm³/mol. The van der Waals surface area contributed by atoms with E-state index in [0.717, 1.165) is 10.6 Å². The van der Waals surface area contributed by atoms with Crippen molar-refractivity contribution in [2.24, 2.45) is 0 Å². The quantitative estimate of drug-likeness (QED) is 0.569. The molecule has 0 aliphatic carbocycles. The fourth-order valence-corrected chi connectivity index (χ4v) is 4.71. The molecule has 1 unspecified atom stereocenters. The highest BCUT2D eigenvalue weighted by molar-refractivity contribution is 7.14. The Balaban J connectivity index is 1.85. The summed E-state index contributed by atoms with van der Waals surface area (Å²) >= 11 is 1.26. The Bertz CT molecular complexity index is 1180. The highest BCUT2D eigenvalue weighted by Crippen LogP contribution is 2.42. The van der Waals surface area contributed by atoms with E-state index in [0.29, 0.717) is 27.7 Å². The SMILES string of the molecule is Cc1nc(C)c(C(=O)C2=C(O)C(=O)N(c3ccc(C(C)C)cc3)C2c2cccnc2)s1. The van der Waals surface area contributed by atoms with Gasteiger partial charge in [-0.1, -0.05) is 32.0 Å². The van der Waals surface area contributed by atoms with Gasteiger partial charge in [-0.3, -0.25) is 19.5 Å². The summed E-state index contributed by atoms with van der Waals surface area (Å²) in [5.41, 5.74) is 3.03. The van der Waals surface area contributed by atoms with Crippen LogP contribution in [0.15, 0.2) is 60.1 Å². The van der Waals surface area contributed by atoms with Gasteiger partial charge in [-0.2, -0.15) is 0 Å². The minimum Gasteiger partial charge on any atom is -0.503 e. The first kappa shape index (κ1) is 20.9. The minimum absolute atomic E-state index is 0.0534. The number of aryl methyl sites for hydroxylation is 2. The maximum atomic E-state index is 13.5. The maximum Gasteiger partial charge on any atom is 0.294 e. The molecule has 3 aromatic rings.